The molecule has 0 aromatic heterocycles. The standard InChI is InChI=1S/C18H23ClN2O3S/c19-14-4-2-1-3-13(14)10-25-11-16(22)21-12-18(5-7-20-8-6-18)9-15(21)17(23)24/h1-4,15,20H,5-12H2,(H,23,24)/t15-/m1/s1. The van der Waals surface area contributed by atoms with Crippen molar-refractivity contribution in [2.45, 2.75) is 31.1 Å². The fourth-order valence-electron chi connectivity index (χ4n) is 3.81. The highest BCUT2D eigenvalue weighted by atomic mass is 35.5. The SMILES string of the molecule is O=C(O)[C@H]1CC2(CCNCC2)CN1C(=O)CSCc1ccccc1Cl. The Morgan fingerprint density at radius 3 is 2.72 bits per heavy atom. The van der Waals surface area contributed by atoms with Gasteiger partial charge in [0, 0.05) is 17.3 Å². The zero-order valence-electron chi connectivity index (χ0n) is 14.0. The third kappa shape index (κ3) is 4.30. The van der Waals surface area contributed by atoms with E-state index in [4.69, 9.17) is 11.6 Å². The van der Waals surface area contributed by atoms with Gasteiger partial charge in [0.25, 0.3) is 0 Å². The van der Waals surface area contributed by atoms with Gasteiger partial charge in [-0.1, -0.05) is 29.8 Å². The number of hydrogen-bond acceptors (Lipinski definition) is 4. The van der Waals surface area contributed by atoms with Crippen LogP contribution < -0.4 is 5.32 Å². The lowest BCUT2D eigenvalue weighted by molar-refractivity contribution is -0.147. The zero-order chi connectivity index (χ0) is 17.9. The number of piperidine rings is 1. The molecule has 1 aromatic carbocycles. The first-order valence-electron chi connectivity index (χ1n) is 8.55. The van der Waals surface area contributed by atoms with Crippen LogP contribution in [0, 0.1) is 5.41 Å². The molecule has 2 aliphatic rings. The highest BCUT2D eigenvalue weighted by Crippen LogP contribution is 2.42. The fraction of sp³-hybridized carbons (Fsp3) is 0.556. The molecule has 2 saturated heterocycles. The molecule has 136 valence electrons. The number of hydrogen-bond donors (Lipinski definition) is 2. The van der Waals surface area contributed by atoms with Gasteiger partial charge in [-0.3, -0.25) is 4.79 Å². The molecule has 25 heavy (non-hydrogen) atoms. The quantitative estimate of drug-likeness (QED) is 0.819. The Morgan fingerprint density at radius 2 is 2.04 bits per heavy atom. The molecule has 2 aliphatic heterocycles. The lowest BCUT2D eigenvalue weighted by Crippen LogP contribution is -2.42. The molecule has 2 heterocycles. The maximum Gasteiger partial charge on any atom is 0.326 e. The van der Waals surface area contributed by atoms with Crippen LogP contribution in [-0.2, 0) is 15.3 Å². The Balaban J connectivity index is 1.59. The van der Waals surface area contributed by atoms with Crippen molar-refractivity contribution < 1.29 is 14.7 Å². The van der Waals surface area contributed by atoms with Gasteiger partial charge in [-0.25, -0.2) is 4.79 Å². The summed E-state index contributed by atoms with van der Waals surface area (Å²) in [5.74, 6) is -0.0465. The van der Waals surface area contributed by atoms with Crippen LogP contribution in [0.3, 0.4) is 0 Å². The van der Waals surface area contributed by atoms with Crippen molar-refractivity contribution in [2.75, 3.05) is 25.4 Å². The third-order valence-corrected chi connectivity index (χ3v) is 6.55. The van der Waals surface area contributed by atoms with E-state index >= 15 is 0 Å². The lowest BCUT2D eigenvalue weighted by atomic mass is 9.77. The van der Waals surface area contributed by atoms with Crippen LogP contribution in [0.15, 0.2) is 24.3 Å². The summed E-state index contributed by atoms with van der Waals surface area (Å²) in [5.41, 5.74) is 0.963. The first kappa shape index (κ1) is 18.5. The predicted octanol–water partition coefficient (Wildman–Crippen LogP) is 2.63. The number of nitrogens with one attached hydrogen (secondary N) is 1. The summed E-state index contributed by atoms with van der Waals surface area (Å²) in [4.78, 5) is 25.9. The second-order valence-electron chi connectivity index (χ2n) is 6.91. The van der Waals surface area contributed by atoms with Crippen LogP contribution in [0.2, 0.25) is 5.02 Å². The minimum atomic E-state index is -0.889. The molecule has 1 amide bonds. The molecule has 0 saturated carbocycles. The van der Waals surface area contributed by atoms with E-state index in [9.17, 15) is 14.7 Å². The molecule has 7 heteroatoms. The Morgan fingerprint density at radius 1 is 1.32 bits per heavy atom. The van der Waals surface area contributed by atoms with E-state index in [0.717, 1.165) is 31.5 Å². The predicted molar refractivity (Wildman–Crippen MR) is 99.9 cm³/mol. The molecule has 0 aliphatic carbocycles. The number of nitrogens with zero attached hydrogens (tertiary/aromatic N) is 1. The summed E-state index contributed by atoms with van der Waals surface area (Å²) in [7, 11) is 0. The average molecular weight is 383 g/mol. The number of rotatable bonds is 5. The zero-order valence-corrected chi connectivity index (χ0v) is 15.6. The third-order valence-electron chi connectivity index (χ3n) is 5.22. The molecule has 1 spiro atoms. The van der Waals surface area contributed by atoms with Gasteiger partial charge in [0.05, 0.1) is 5.75 Å². The molecular formula is C18H23ClN2O3S. The van der Waals surface area contributed by atoms with Crippen LogP contribution in [0.1, 0.15) is 24.8 Å². The first-order valence-corrected chi connectivity index (χ1v) is 10.1. The van der Waals surface area contributed by atoms with Crippen LogP contribution >= 0.6 is 23.4 Å². The summed E-state index contributed by atoms with van der Waals surface area (Å²) in [6, 6.07) is 6.89. The topological polar surface area (TPSA) is 69.6 Å². The monoisotopic (exact) mass is 382 g/mol. The molecule has 1 atom stereocenters. The second kappa shape index (κ2) is 7.98. The minimum absolute atomic E-state index is 0.0304. The Bertz CT molecular complexity index is 649. The summed E-state index contributed by atoms with van der Waals surface area (Å²) < 4.78 is 0. The van der Waals surface area contributed by atoms with Gasteiger partial charge in [-0.15, -0.1) is 11.8 Å². The first-order chi connectivity index (χ1) is 12.0. The van der Waals surface area contributed by atoms with Gasteiger partial charge in [0.15, 0.2) is 0 Å². The van der Waals surface area contributed by atoms with Crippen molar-refractivity contribution >= 4 is 35.2 Å². The number of carboxylic acid groups (broad SMARTS) is 1. The van der Waals surface area contributed by atoms with Crippen LogP contribution in [0.5, 0.6) is 0 Å². The highest BCUT2D eigenvalue weighted by Gasteiger charge is 2.48. The smallest absolute Gasteiger partial charge is 0.326 e. The molecule has 0 unspecified atom stereocenters. The van der Waals surface area contributed by atoms with Crippen LogP contribution in [0.25, 0.3) is 0 Å². The molecule has 0 bridgehead atoms. The van der Waals surface area contributed by atoms with E-state index in [0.29, 0.717) is 23.7 Å². The molecule has 5 nitrogen and oxygen atoms in total. The van der Waals surface area contributed by atoms with E-state index in [1.807, 2.05) is 24.3 Å². The number of likely N-dealkylation sites (tertiary alicyclic amines) is 1. The van der Waals surface area contributed by atoms with Crippen molar-refractivity contribution in [2.24, 2.45) is 5.41 Å². The summed E-state index contributed by atoms with van der Waals surface area (Å²) in [6.07, 6.45) is 2.45. The largest absolute Gasteiger partial charge is 0.480 e. The Labute approximate surface area is 157 Å². The summed E-state index contributed by atoms with van der Waals surface area (Å²) in [5, 5.41) is 13.6. The number of benzene rings is 1. The van der Waals surface area contributed by atoms with Crippen molar-refractivity contribution in [1.82, 2.24) is 10.2 Å². The van der Waals surface area contributed by atoms with E-state index in [1.165, 1.54) is 11.8 Å². The second-order valence-corrected chi connectivity index (χ2v) is 8.31. The molecule has 0 radical (unpaired) electrons. The van der Waals surface area contributed by atoms with E-state index in [-0.39, 0.29) is 17.1 Å². The van der Waals surface area contributed by atoms with E-state index in [1.54, 1.807) is 4.90 Å². The molecule has 2 N–H and O–H groups in total. The molecular weight excluding hydrogens is 360 g/mol. The number of carbonyl (C=O) groups excluding carboxylic acids is 1. The van der Waals surface area contributed by atoms with Crippen molar-refractivity contribution in [3.05, 3.63) is 34.9 Å². The highest BCUT2D eigenvalue weighted by molar-refractivity contribution is 7.99. The van der Waals surface area contributed by atoms with Gasteiger partial charge < -0.3 is 15.3 Å². The maximum absolute atomic E-state index is 12.7. The van der Waals surface area contributed by atoms with Gasteiger partial charge in [0.2, 0.25) is 5.91 Å². The van der Waals surface area contributed by atoms with Gasteiger partial charge >= 0.3 is 5.97 Å². The van der Waals surface area contributed by atoms with Gasteiger partial charge in [-0.2, -0.15) is 0 Å². The number of halogens is 1. The van der Waals surface area contributed by atoms with E-state index in [2.05, 4.69) is 5.32 Å². The molecule has 1 aromatic rings. The van der Waals surface area contributed by atoms with E-state index < -0.39 is 12.0 Å². The molecule has 2 fully saturated rings. The van der Waals surface area contributed by atoms with Crippen molar-refractivity contribution in [3.8, 4) is 0 Å². The summed E-state index contributed by atoms with van der Waals surface area (Å²) in [6.45, 7) is 2.36. The number of amides is 1. The maximum atomic E-state index is 12.7. The number of carboxylic acids is 1. The van der Waals surface area contributed by atoms with Crippen molar-refractivity contribution in [1.29, 1.82) is 0 Å². The molecule has 3 rings (SSSR count). The van der Waals surface area contributed by atoms with Crippen molar-refractivity contribution in [3.63, 3.8) is 0 Å². The normalized spacial score (nSPS) is 22.3. The number of thioether (sulfide) groups is 1. The van der Waals surface area contributed by atoms with Gasteiger partial charge in [-0.05, 0) is 49.4 Å². The Kier molecular flexibility index (Phi) is 5.92. The fourth-order valence-corrected chi connectivity index (χ4v) is 5.00. The minimum Gasteiger partial charge on any atom is -0.480 e. The number of aliphatic carboxylic acids is 1. The van der Waals surface area contributed by atoms with Crippen LogP contribution in [-0.4, -0.2) is 53.3 Å². The number of carbonyl (C=O) groups is 2. The van der Waals surface area contributed by atoms with Crippen LogP contribution in [0.4, 0.5) is 0 Å². The lowest BCUT2D eigenvalue weighted by Gasteiger charge is -2.33. The average Bonchev–Trinajstić information content (AvgIpc) is 2.96. The van der Waals surface area contributed by atoms with Gasteiger partial charge in [0.1, 0.15) is 6.04 Å². The Hall–Kier alpha value is -1.24. The summed E-state index contributed by atoms with van der Waals surface area (Å²) >= 11 is 7.62.